The summed E-state index contributed by atoms with van der Waals surface area (Å²) in [6.07, 6.45) is 4.39. The van der Waals surface area contributed by atoms with E-state index in [1.165, 1.54) is 5.56 Å². The van der Waals surface area contributed by atoms with Gasteiger partial charge < -0.3 is 5.32 Å². The van der Waals surface area contributed by atoms with Crippen molar-refractivity contribution in [2.45, 2.75) is 26.1 Å². The first-order chi connectivity index (χ1) is 13.2. The summed E-state index contributed by atoms with van der Waals surface area (Å²) in [4.78, 5) is 19.2. The fraction of sp³-hybridized carbons (Fsp3) is 0.286. The maximum Gasteiger partial charge on any atom is 0.272 e. The van der Waals surface area contributed by atoms with Gasteiger partial charge in [0.1, 0.15) is 0 Å². The minimum atomic E-state index is -0.128. The minimum Gasteiger partial charge on any atom is -0.346 e. The number of hydrogen-bond acceptors (Lipinski definition) is 4. The second kappa shape index (κ2) is 7.72. The van der Waals surface area contributed by atoms with Crippen molar-refractivity contribution in [3.05, 3.63) is 82.9 Å². The van der Waals surface area contributed by atoms with Gasteiger partial charge in [-0.25, -0.2) is 0 Å². The number of nitrogens with zero attached hydrogens (tertiary/aromatic N) is 4. The summed E-state index contributed by atoms with van der Waals surface area (Å²) in [5.74, 6) is -0.128. The van der Waals surface area contributed by atoms with E-state index in [1.54, 1.807) is 12.4 Å². The van der Waals surface area contributed by atoms with E-state index < -0.39 is 0 Å². The molecule has 6 heteroatoms. The van der Waals surface area contributed by atoms with Crippen LogP contribution in [-0.4, -0.2) is 32.1 Å². The van der Waals surface area contributed by atoms with Crippen molar-refractivity contribution in [3.63, 3.8) is 0 Å². The van der Waals surface area contributed by atoms with E-state index in [-0.39, 0.29) is 5.91 Å². The maximum absolute atomic E-state index is 12.7. The number of aryl methyl sites for hydroxylation is 1. The van der Waals surface area contributed by atoms with Crippen LogP contribution in [0.3, 0.4) is 0 Å². The van der Waals surface area contributed by atoms with E-state index in [9.17, 15) is 4.79 Å². The molecule has 2 aromatic heterocycles. The van der Waals surface area contributed by atoms with Crippen molar-refractivity contribution >= 4 is 5.91 Å². The summed E-state index contributed by atoms with van der Waals surface area (Å²) in [6.45, 7) is 3.05. The zero-order valence-electron chi connectivity index (χ0n) is 15.4. The fourth-order valence-electron chi connectivity index (χ4n) is 3.58. The van der Waals surface area contributed by atoms with Gasteiger partial charge in [0.05, 0.1) is 0 Å². The summed E-state index contributed by atoms with van der Waals surface area (Å²) < 4.78 is 1.86. The molecule has 0 radical (unpaired) electrons. The Morgan fingerprint density at radius 2 is 1.96 bits per heavy atom. The van der Waals surface area contributed by atoms with Crippen molar-refractivity contribution in [1.82, 2.24) is 25.0 Å². The Labute approximate surface area is 158 Å². The van der Waals surface area contributed by atoms with Crippen molar-refractivity contribution in [2.75, 3.05) is 6.54 Å². The third-order valence-corrected chi connectivity index (χ3v) is 4.96. The molecular formula is C21H23N5O. The van der Waals surface area contributed by atoms with Gasteiger partial charge >= 0.3 is 0 Å². The molecule has 0 fully saturated rings. The topological polar surface area (TPSA) is 63.1 Å². The molecule has 3 heterocycles. The van der Waals surface area contributed by atoms with Crippen LogP contribution in [0.2, 0.25) is 0 Å². The zero-order valence-corrected chi connectivity index (χ0v) is 15.4. The molecule has 1 N–H and O–H groups in total. The number of carbonyl (C=O) groups excluding carboxylic acids is 1. The Balaban J connectivity index is 1.48. The monoisotopic (exact) mass is 361 g/mol. The summed E-state index contributed by atoms with van der Waals surface area (Å²) in [5.41, 5.74) is 5.00. The number of hydrogen-bond donors (Lipinski definition) is 1. The lowest BCUT2D eigenvalue weighted by molar-refractivity contribution is 0.0942. The quantitative estimate of drug-likeness (QED) is 0.757. The second-order valence-electron chi connectivity index (χ2n) is 6.89. The van der Waals surface area contributed by atoms with Gasteiger partial charge in [-0.05, 0) is 17.2 Å². The van der Waals surface area contributed by atoms with Crippen LogP contribution in [0.15, 0.2) is 54.9 Å². The van der Waals surface area contributed by atoms with E-state index in [4.69, 9.17) is 0 Å². The molecule has 1 aliphatic rings. The van der Waals surface area contributed by atoms with Crippen molar-refractivity contribution in [1.29, 1.82) is 0 Å². The van der Waals surface area contributed by atoms with Gasteiger partial charge in [-0.2, -0.15) is 5.10 Å². The highest BCUT2D eigenvalue weighted by molar-refractivity contribution is 5.94. The number of fused-ring (bicyclic) bond motifs is 1. The fourth-order valence-corrected chi connectivity index (χ4v) is 3.58. The molecular weight excluding hydrogens is 338 g/mol. The van der Waals surface area contributed by atoms with Crippen LogP contribution in [0.1, 0.15) is 32.9 Å². The number of carbonyl (C=O) groups is 1. The van der Waals surface area contributed by atoms with Crippen molar-refractivity contribution in [3.8, 4) is 0 Å². The van der Waals surface area contributed by atoms with Gasteiger partial charge in [0.15, 0.2) is 5.69 Å². The highest BCUT2D eigenvalue weighted by atomic mass is 16.1. The first-order valence-electron chi connectivity index (χ1n) is 9.19. The van der Waals surface area contributed by atoms with Gasteiger partial charge in [-0.3, -0.25) is 19.4 Å². The number of benzene rings is 1. The lowest BCUT2D eigenvalue weighted by Crippen LogP contribution is -2.32. The molecule has 6 nitrogen and oxygen atoms in total. The van der Waals surface area contributed by atoms with E-state index in [2.05, 4.69) is 44.6 Å². The van der Waals surface area contributed by atoms with E-state index >= 15 is 0 Å². The molecule has 0 bridgehead atoms. The lowest BCUT2D eigenvalue weighted by Gasteiger charge is -2.27. The third kappa shape index (κ3) is 3.90. The first kappa shape index (κ1) is 17.4. The van der Waals surface area contributed by atoms with Crippen LogP contribution < -0.4 is 5.32 Å². The summed E-state index contributed by atoms with van der Waals surface area (Å²) in [7, 11) is 1.92. The Morgan fingerprint density at radius 1 is 1.15 bits per heavy atom. The third-order valence-electron chi connectivity index (χ3n) is 4.96. The SMILES string of the molecule is Cn1nc(C(=O)NCc2cccnc2)c2c1CCN(Cc1ccccc1)C2. The number of rotatable bonds is 5. The van der Waals surface area contributed by atoms with Crippen LogP contribution in [0, 0.1) is 0 Å². The molecule has 4 rings (SSSR count). The van der Waals surface area contributed by atoms with Gasteiger partial charge in [-0.1, -0.05) is 36.4 Å². The molecule has 0 atom stereocenters. The Morgan fingerprint density at radius 3 is 2.74 bits per heavy atom. The largest absolute Gasteiger partial charge is 0.346 e. The molecule has 1 aliphatic heterocycles. The van der Waals surface area contributed by atoms with Crippen molar-refractivity contribution < 1.29 is 4.79 Å². The highest BCUT2D eigenvalue weighted by Gasteiger charge is 2.27. The normalized spacial score (nSPS) is 14.0. The number of nitrogens with one attached hydrogen (secondary N) is 1. The molecule has 3 aromatic rings. The smallest absolute Gasteiger partial charge is 0.272 e. The van der Waals surface area contributed by atoms with E-state index in [0.29, 0.717) is 12.2 Å². The van der Waals surface area contributed by atoms with Gasteiger partial charge in [0.25, 0.3) is 5.91 Å². The molecule has 1 aromatic carbocycles. The summed E-state index contributed by atoms with van der Waals surface area (Å²) >= 11 is 0. The molecule has 138 valence electrons. The van der Waals surface area contributed by atoms with E-state index in [0.717, 1.165) is 42.9 Å². The Hall–Kier alpha value is -2.99. The van der Waals surface area contributed by atoms with Crippen LogP contribution >= 0.6 is 0 Å². The van der Waals surface area contributed by atoms with Crippen LogP contribution in [0.4, 0.5) is 0 Å². The highest BCUT2D eigenvalue weighted by Crippen LogP contribution is 2.23. The van der Waals surface area contributed by atoms with Crippen LogP contribution in [0.25, 0.3) is 0 Å². The maximum atomic E-state index is 12.7. The second-order valence-corrected chi connectivity index (χ2v) is 6.89. The Kier molecular flexibility index (Phi) is 4.98. The molecule has 27 heavy (non-hydrogen) atoms. The molecule has 1 amide bonds. The van der Waals surface area contributed by atoms with Crippen LogP contribution in [0.5, 0.6) is 0 Å². The van der Waals surface area contributed by atoms with Gasteiger partial charge in [0, 0.05) is 63.3 Å². The summed E-state index contributed by atoms with van der Waals surface area (Å²) in [5, 5.41) is 7.48. The van der Waals surface area contributed by atoms with Crippen molar-refractivity contribution in [2.24, 2.45) is 7.05 Å². The minimum absolute atomic E-state index is 0.128. The molecule has 0 aliphatic carbocycles. The number of amides is 1. The van der Waals surface area contributed by atoms with E-state index in [1.807, 2.05) is 29.9 Å². The lowest BCUT2D eigenvalue weighted by atomic mass is 10.0. The molecule has 0 spiro atoms. The predicted octanol–water partition coefficient (Wildman–Crippen LogP) is 2.30. The summed E-state index contributed by atoms with van der Waals surface area (Å²) in [6, 6.07) is 14.2. The molecule has 0 saturated heterocycles. The average molecular weight is 361 g/mol. The van der Waals surface area contributed by atoms with Gasteiger partial charge in [-0.15, -0.1) is 0 Å². The average Bonchev–Trinajstić information content (AvgIpc) is 3.04. The standard InChI is InChI=1S/C21H23N5O/c1-25-19-9-11-26(14-16-6-3-2-4-7-16)15-18(19)20(24-25)21(27)23-13-17-8-5-10-22-12-17/h2-8,10,12H,9,11,13-15H2,1H3,(H,23,27). The Bertz CT molecular complexity index is 921. The van der Waals surface area contributed by atoms with Gasteiger partial charge in [0.2, 0.25) is 0 Å². The zero-order chi connectivity index (χ0) is 18.6. The number of aromatic nitrogens is 3. The number of pyridine rings is 1. The first-order valence-corrected chi connectivity index (χ1v) is 9.19. The molecule has 0 unspecified atom stereocenters. The predicted molar refractivity (Wildman–Crippen MR) is 103 cm³/mol. The molecule has 0 saturated carbocycles. The van der Waals surface area contributed by atoms with Crippen LogP contribution in [-0.2, 0) is 33.1 Å².